The van der Waals surface area contributed by atoms with Crippen molar-refractivity contribution >= 4 is 0 Å². The second-order valence-corrected chi connectivity index (χ2v) is 7.66. The summed E-state index contributed by atoms with van der Waals surface area (Å²) in [4.78, 5) is 0. The zero-order valence-corrected chi connectivity index (χ0v) is 18.4. The fourth-order valence-electron chi connectivity index (χ4n) is 3.45. The molecule has 0 aliphatic rings. The zero-order valence-electron chi connectivity index (χ0n) is 18.4. The maximum atomic E-state index is 5.91. The minimum absolute atomic E-state index is 0.500. The predicted molar refractivity (Wildman–Crippen MR) is 128 cm³/mol. The molecule has 0 aliphatic carbocycles. The van der Waals surface area contributed by atoms with Crippen molar-refractivity contribution in [1.29, 1.82) is 0 Å². The summed E-state index contributed by atoms with van der Waals surface area (Å²) in [6.07, 6.45) is 0. The van der Waals surface area contributed by atoms with Crippen LogP contribution in [-0.4, -0.2) is 17.3 Å². The van der Waals surface area contributed by atoms with E-state index in [0.29, 0.717) is 11.8 Å². The first-order valence-electron chi connectivity index (χ1n) is 10.6. The van der Waals surface area contributed by atoms with Gasteiger partial charge in [-0.25, -0.2) is 0 Å². The molecule has 162 valence electrons. The maximum absolute atomic E-state index is 5.91. The molecular weight excluding hydrogens is 412 g/mol. The number of rotatable bonds is 6. The van der Waals surface area contributed by atoms with Crippen LogP contribution >= 0.6 is 0 Å². The third kappa shape index (κ3) is 4.62. The Bertz CT molecular complexity index is 1340. The van der Waals surface area contributed by atoms with Crippen molar-refractivity contribution < 1.29 is 13.9 Å². The second-order valence-electron chi connectivity index (χ2n) is 7.66. The standard InChI is InChI=1S/C28H22N2O3/c1-19-3-5-22(6-4-19)27-29-30-28(33-27)23-9-7-20(8-10-23)21-11-13-25(14-12-21)32-26-17-15-24(31-2)16-18-26/h3-18H,1-2H3. The molecular formula is C28H22N2O3. The molecule has 0 N–H and O–H groups in total. The van der Waals surface area contributed by atoms with Gasteiger partial charge in [-0.15, -0.1) is 10.2 Å². The third-order valence-electron chi connectivity index (χ3n) is 5.34. The molecule has 0 amide bonds. The van der Waals surface area contributed by atoms with E-state index in [2.05, 4.69) is 10.2 Å². The lowest BCUT2D eigenvalue weighted by molar-refractivity contribution is 0.413. The van der Waals surface area contributed by atoms with Crippen LogP contribution in [0.2, 0.25) is 0 Å². The summed E-state index contributed by atoms with van der Waals surface area (Å²) in [5, 5.41) is 8.40. The second kappa shape index (κ2) is 9.01. The van der Waals surface area contributed by atoms with Gasteiger partial charge >= 0.3 is 0 Å². The molecule has 1 aromatic heterocycles. The predicted octanol–water partition coefficient (Wildman–Crippen LogP) is 7.18. The average molecular weight is 434 g/mol. The molecule has 33 heavy (non-hydrogen) atoms. The Morgan fingerprint density at radius 1 is 0.515 bits per heavy atom. The van der Waals surface area contributed by atoms with Crippen LogP contribution in [0.3, 0.4) is 0 Å². The van der Waals surface area contributed by atoms with Gasteiger partial charge in [0, 0.05) is 11.1 Å². The van der Waals surface area contributed by atoms with Crippen molar-refractivity contribution in [3.63, 3.8) is 0 Å². The lowest BCUT2D eigenvalue weighted by atomic mass is 10.0. The molecule has 0 radical (unpaired) electrons. The number of nitrogens with zero attached hydrogens (tertiary/aromatic N) is 2. The molecule has 0 saturated heterocycles. The number of aromatic nitrogens is 2. The van der Waals surface area contributed by atoms with Gasteiger partial charge in [-0.3, -0.25) is 0 Å². The summed E-state index contributed by atoms with van der Waals surface area (Å²) in [6.45, 7) is 2.05. The number of methoxy groups -OCH3 is 1. The molecule has 1 heterocycles. The van der Waals surface area contributed by atoms with Gasteiger partial charge in [0.05, 0.1) is 7.11 Å². The fourth-order valence-corrected chi connectivity index (χ4v) is 3.45. The normalized spacial score (nSPS) is 10.7. The highest BCUT2D eigenvalue weighted by Crippen LogP contribution is 2.29. The average Bonchev–Trinajstić information content (AvgIpc) is 3.36. The van der Waals surface area contributed by atoms with Crippen LogP contribution in [0.4, 0.5) is 0 Å². The zero-order chi connectivity index (χ0) is 22.6. The number of benzene rings is 4. The first kappa shape index (κ1) is 20.5. The van der Waals surface area contributed by atoms with Gasteiger partial charge in [-0.05, 0) is 78.7 Å². The largest absolute Gasteiger partial charge is 0.497 e. The summed E-state index contributed by atoms with van der Waals surface area (Å²) < 4.78 is 17.0. The number of hydrogen-bond acceptors (Lipinski definition) is 5. The number of hydrogen-bond donors (Lipinski definition) is 0. The molecule has 4 aromatic carbocycles. The Morgan fingerprint density at radius 2 is 0.909 bits per heavy atom. The van der Waals surface area contributed by atoms with E-state index in [0.717, 1.165) is 39.5 Å². The van der Waals surface area contributed by atoms with Crippen molar-refractivity contribution in [1.82, 2.24) is 10.2 Å². The van der Waals surface area contributed by atoms with Crippen LogP contribution in [-0.2, 0) is 0 Å². The maximum Gasteiger partial charge on any atom is 0.248 e. The highest BCUT2D eigenvalue weighted by atomic mass is 16.5. The molecule has 5 rings (SSSR count). The van der Waals surface area contributed by atoms with Crippen molar-refractivity contribution in [3.8, 4) is 51.3 Å². The van der Waals surface area contributed by atoms with E-state index in [1.807, 2.05) is 104 Å². The molecule has 0 atom stereocenters. The minimum Gasteiger partial charge on any atom is -0.497 e. The number of aryl methyl sites for hydroxylation is 1. The first-order valence-corrected chi connectivity index (χ1v) is 10.6. The van der Waals surface area contributed by atoms with E-state index in [-0.39, 0.29) is 0 Å². The summed E-state index contributed by atoms with van der Waals surface area (Å²) >= 11 is 0. The molecule has 0 fully saturated rings. The van der Waals surface area contributed by atoms with Crippen molar-refractivity contribution in [2.45, 2.75) is 6.92 Å². The molecule has 5 nitrogen and oxygen atoms in total. The highest BCUT2D eigenvalue weighted by molar-refractivity contribution is 5.68. The van der Waals surface area contributed by atoms with Gasteiger partial charge in [0.15, 0.2) is 0 Å². The van der Waals surface area contributed by atoms with E-state index >= 15 is 0 Å². The Hall–Kier alpha value is -4.38. The summed E-state index contributed by atoms with van der Waals surface area (Å²) in [5.41, 5.74) is 5.16. The Morgan fingerprint density at radius 3 is 1.42 bits per heavy atom. The van der Waals surface area contributed by atoms with Crippen molar-refractivity contribution in [2.24, 2.45) is 0 Å². The van der Waals surface area contributed by atoms with Gasteiger partial charge in [0.25, 0.3) is 0 Å². The summed E-state index contributed by atoms with van der Waals surface area (Å²) in [6, 6.07) is 31.6. The molecule has 5 heteroatoms. The van der Waals surface area contributed by atoms with Crippen LogP contribution < -0.4 is 9.47 Å². The van der Waals surface area contributed by atoms with Crippen LogP contribution in [0.15, 0.2) is 101 Å². The van der Waals surface area contributed by atoms with Gasteiger partial charge in [-0.2, -0.15) is 0 Å². The molecule has 5 aromatic rings. The van der Waals surface area contributed by atoms with Crippen LogP contribution in [0.1, 0.15) is 5.56 Å². The summed E-state index contributed by atoms with van der Waals surface area (Å²) in [7, 11) is 1.64. The van der Waals surface area contributed by atoms with E-state index in [4.69, 9.17) is 13.9 Å². The van der Waals surface area contributed by atoms with Crippen LogP contribution in [0.25, 0.3) is 34.0 Å². The Kier molecular flexibility index (Phi) is 5.60. The third-order valence-corrected chi connectivity index (χ3v) is 5.34. The fraction of sp³-hybridized carbons (Fsp3) is 0.0714. The topological polar surface area (TPSA) is 57.4 Å². The van der Waals surface area contributed by atoms with Crippen LogP contribution in [0, 0.1) is 6.92 Å². The van der Waals surface area contributed by atoms with Crippen LogP contribution in [0.5, 0.6) is 17.2 Å². The highest BCUT2D eigenvalue weighted by Gasteiger charge is 2.11. The molecule has 0 bridgehead atoms. The monoisotopic (exact) mass is 434 g/mol. The van der Waals surface area contributed by atoms with Gasteiger partial charge in [0.1, 0.15) is 17.2 Å². The molecule has 0 unspecified atom stereocenters. The Balaban J connectivity index is 1.29. The summed E-state index contributed by atoms with van der Waals surface area (Å²) in [5.74, 6) is 3.35. The lowest BCUT2D eigenvalue weighted by Crippen LogP contribution is -1.86. The van der Waals surface area contributed by atoms with Gasteiger partial charge in [0.2, 0.25) is 11.8 Å². The quantitative estimate of drug-likeness (QED) is 0.283. The molecule has 0 spiro atoms. The molecule has 0 aliphatic heterocycles. The minimum atomic E-state index is 0.500. The van der Waals surface area contributed by atoms with Gasteiger partial charge in [-0.1, -0.05) is 42.0 Å². The van der Waals surface area contributed by atoms with E-state index in [9.17, 15) is 0 Å². The van der Waals surface area contributed by atoms with Crippen molar-refractivity contribution in [2.75, 3.05) is 7.11 Å². The van der Waals surface area contributed by atoms with E-state index in [1.165, 1.54) is 5.56 Å². The Labute approximate surface area is 192 Å². The van der Waals surface area contributed by atoms with E-state index in [1.54, 1.807) is 7.11 Å². The SMILES string of the molecule is COc1ccc(Oc2ccc(-c3ccc(-c4nnc(-c5ccc(C)cc5)o4)cc3)cc2)cc1. The lowest BCUT2D eigenvalue weighted by Gasteiger charge is -2.08. The smallest absolute Gasteiger partial charge is 0.248 e. The first-order chi connectivity index (χ1) is 16.2. The number of ether oxygens (including phenoxy) is 2. The van der Waals surface area contributed by atoms with Crippen molar-refractivity contribution in [3.05, 3.63) is 103 Å². The van der Waals surface area contributed by atoms with E-state index < -0.39 is 0 Å². The molecule has 0 saturated carbocycles. The van der Waals surface area contributed by atoms with Gasteiger partial charge < -0.3 is 13.9 Å².